The topological polar surface area (TPSA) is 46.2 Å². The van der Waals surface area contributed by atoms with E-state index in [0.717, 1.165) is 14.5 Å². The zero-order valence-electron chi connectivity index (χ0n) is 7.93. The molecule has 0 spiro atoms. The average molecular weight is 323 g/mol. The van der Waals surface area contributed by atoms with Gasteiger partial charge in [-0.3, -0.25) is 0 Å². The van der Waals surface area contributed by atoms with Crippen LogP contribution in [0.5, 0.6) is 0 Å². The van der Waals surface area contributed by atoms with Crippen molar-refractivity contribution < 1.29 is 5.11 Å². The predicted molar refractivity (Wildman–Crippen MR) is 65.1 cm³/mol. The molecule has 0 bridgehead atoms. The summed E-state index contributed by atoms with van der Waals surface area (Å²) in [6.07, 6.45) is 0.549. The van der Waals surface area contributed by atoms with E-state index >= 15 is 0 Å². The summed E-state index contributed by atoms with van der Waals surface area (Å²) in [6.45, 7) is 2.01. The van der Waals surface area contributed by atoms with Crippen LogP contribution in [-0.4, -0.2) is 11.7 Å². The molecular formula is C10H13Br2NO. The van der Waals surface area contributed by atoms with Crippen molar-refractivity contribution in [2.24, 2.45) is 5.73 Å². The van der Waals surface area contributed by atoms with Crippen molar-refractivity contribution in [2.75, 3.05) is 6.61 Å². The Morgan fingerprint density at radius 1 is 1.43 bits per heavy atom. The molecule has 3 N–H and O–H groups in total. The molecule has 0 aliphatic rings. The summed E-state index contributed by atoms with van der Waals surface area (Å²) in [5.41, 5.74) is 6.61. The summed E-state index contributed by atoms with van der Waals surface area (Å²) in [4.78, 5) is 0. The smallest absolute Gasteiger partial charge is 0.0451 e. The van der Waals surface area contributed by atoms with Gasteiger partial charge in [-0.2, -0.15) is 0 Å². The number of rotatable bonds is 3. The molecule has 0 aliphatic carbocycles. The van der Waals surface area contributed by atoms with Gasteiger partial charge in [-0.05, 0) is 31.0 Å². The van der Waals surface area contributed by atoms with Gasteiger partial charge in [0, 0.05) is 21.1 Å². The van der Waals surface area contributed by atoms with E-state index in [1.54, 1.807) is 0 Å². The highest BCUT2D eigenvalue weighted by molar-refractivity contribution is 9.11. The van der Waals surface area contributed by atoms with Crippen LogP contribution in [0.4, 0.5) is 0 Å². The lowest BCUT2D eigenvalue weighted by atomic mass is 9.90. The van der Waals surface area contributed by atoms with Crippen molar-refractivity contribution in [3.63, 3.8) is 0 Å². The molecule has 0 amide bonds. The third-order valence-electron chi connectivity index (χ3n) is 2.18. The normalized spacial score (nSPS) is 15.2. The maximum absolute atomic E-state index is 8.90. The summed E-state index contributed by atoms with van der Waals surface area (Å²) >= 11 is 6.84. The minimum atomic E-state index is -0.492. The molecule has 1 aromatic carbocycles. The number of hydrogen-bond donors (Lipinski definition) is 2. The molecule has 2 nitrogen and oxygen atoms in total. The Labute approximate surface area is 101 Å². The maximum Gasteiger partial charge on any atom is 0.0451 e. The second kappa shape index (κ2) is 4.75. The molecule has 78 valence electrons. The average Bonchev–Trinajstić information content (AvgIpc) is 2.02. The number of aliphatic hydroxyl groups is 1. The standard InChI is InChI=1S/C10H13Br2NO/c1-10(13,4-5-14)8-3-2-7(11)6-9(8)12/h2-3,6,14H,4-5,13H2,1H3/t10-/m1/s1. The second-order valence-electron chi connectivity index (χ2n) is 3.52. The second-order valence-corrected chi connectivity index (χ2v) is 5.29. The first-order valence-electron chi connectivity index (χ1n) is 4.32. The predicted octanol–water partition coefficient (Wildman–Crippen LogP) is 2.77. The molecule has 0 heterocycles. The van der Waals surface area contributed by atoms with Crippen molar-refractivity contribution in [3.05, 3.63) is 32.7 Å². The minimum Gasteiger partial charge on any atom is -0.396 e. The van der Waals surface area contributed by atoms with Crippen molar-refractivity contribution in [2.45, 2.75) is 18.9 Å². The zero-order chi connectivity index (χ0) is 10.8. The monoisotopic (exact) mass is 321 g/mol. The molecule has 4 heteroatoms. The van der Waals surface area contributed by atoms with Gasteiger partial charge in [-0.15, -0.1) is 0 Å². The highest BCUT2D eigenvalue weighted by Crippen LogP contribution is 2.30. The highest BCUT2D eigenvalue weighted by atomic mass is 79.9. The summed E-state index contributed by atoms with van der Waals surface area (Å²) < 4.78 is 1.97. The van der Waals surface area contributed by atoms with Crippen molar-refractivity contribution >= 4 is 31.9 Å². The van der Waals surface area contributed by atoms with Crippen LogP contribution in [0.15, 0.2) is 27.1 Å². The fourth-order valence-electron chi connectivity index (χ4n) is 1.32. The molecule has 14 heavy (non-hydrogen) atoms. The first-order chi connectivity index (χ1) is 6.47. The number of hydrogen-bond acceptors (Lipinski definition) is 2. The Hall–Kier alpha value is 0.1000. The largest absolute Gasteiger partial charge is 0.396 e. The Bertz CT molecular complexity index is 326. The fourth-order valence-corrected chi connectivity index (χ4v) is 2.82. The van der Waals surface area contributed by atoms with Crippen LogP contribution in [0.3, 0.4) is 0 Å². The number of halogens is 2. The van der Waals surface area contributed by atoms with Crippen LogP contribution in [0.1, 0.15) is 18.9 Å². The number of aliphatic hydroxyl groups excluding tert-OH is 1. The van der Waals surface area contributed by atoms with Crippen molar-refractivity contribution in [1.29, 1.82) is 0 Å². The minimum absolute atomic E-state index is 0.0928. The highest BCUT2D eigenvalue weighted by Gasteiger charge is 2.22. The van der Waals surface area contributed by atoms with E-state index in [1.165, 1.54) is 0 Å². The van der Waals surface area contributed by atoms with E-state index in [-0.39, 0.29) is 6.61 Å². The molecule has 1 atom stereocenters. The third-order valence-corrected chi connectivity index (χ3v) is 3.33. The first kappa shape index (κ1) is 12.2. The lowest BCUT2D eigenvalue weighted by Gasteiger charge is -2.25. The van der Waals surface area contributed by atoms with Gasteiger partial charge in [0.15, 0.2) is 0 Å². The maximum atomic E-state index is 8.90. The molecular weight excluding hydrogens is 310 g/mol. The van der Waals surface area contributed by atoms with Gasteiger partial charge >= 0.3 is 0 Å². The Morgan fingerprint density at radius 2 is 2.07 bits per heavy atom. The first-order valence-corrected chi connectivity index (χ1v) is 5.91. The molecule has 0 aromatic heterocycles. The number of nitrogens with two attached hydrogens (primary N) is 1. The molecule has 0 radical (unpaired) electrons. The van der Waals surface area contributed by atoms with Crippen LogP contribution < -0.4 is 5.73 Å². The summed E-state index contributed by atoms with van der Waals surface area (Å²) in [7, 11) is 0. The van der Waals surface area contributed by atoms with Crippen LogP contribution >= 0.6 is 31.9 Å². The summed E-state index contributed by atoms with van der Waals surface area (Å²) in [5.74, 6) is 0. The Balaban J connectivity index is 3.06. The van der Waals surface area contributed by atoms with E-state index in [4.69, 9.17) is 10.8 Å². The molecule has 1 aromatic rings. The molecule has 1 rings (SSSR count). The van der Waals surface area contributed by atoms with E-state index in [2.05, 4.69) is 31.9 Å². The Morgan fingerprint density at radius 3 is 2.57 bits per heavy atom. The van der Waals surface area contributed by atoms with E-state index in [1.807, 2.05) is 25.1 Å². The van der Waals surface area contributed by atoms with Crippen molar-refractivity contribution in [3.8, 4) is 0 Å². The van der Waals surface area contributed by atoms with Crippen LogP contribution in [-0.2, 0) is 5.54 Å². The number of benzene rings is 1. The van der Waals surface area contributed by atoms with Crippen LogP contribution in [0.2, 0.25) is 0 Å². The van der Waals surface area contributed by atoms with E-state index < -0.39 is 5.54 Å². The molecule has 0 saturated carbocycles. The fraction of sp³-hybridized carbons (Fsp3) is 0.400. The summed E-state index contributed by atoms with van der Waals surface area (Å²) in [6, 6.07) is 5.87. The van der Waals surface area contributed by atoms with Gasteiger partial charge in [0.05, 0.1) is 0 Å². The summed E-state index contributed by atoms with van der Waals surface area (Å²) in [5, 5.41) is 8.90. The van der Waals surface area contributed by atoms with Gasteiger partial charge in [-0.25, -0.2) is 0 Å². The van der Waals surface area contributed by atoms with Gasteiger partial charge in [0.2, 0.25) is 0 Å². The van der Waals surface area contributed by atoms with E-state index in [9.17, 15) is 0 Å². The zero-order valence-corrected chi connectivity index (χ0v) is 11.1. The quantitative estimate of drug-likeness (QED) is 0.899. The van der Waals surface area contributed by atoms with Gasteiger partial charge in [-0.1, -0.05) is 37.9 Å². The van der Waals surface area contributed by atoms with Crippen LogP contribution in [0, 0.1) is 0 Å². The third kappa shape index (κ3) is 2.79. The Kier molecular flexibility index (Phi) is 4.13. The SMILES string of the molecule is C[C@@](N)(CCO)c1ccc(Br)cc1Br. The van der Waals surface area contributed by atoms with E-state index in [0.29, 0.717) is 6.42 Å². The molecule has 0 saturated heterocycles. The van der Waals surface area contributed by atoms with Crippen molar-refractivity contribution in [1.82, 2.24) is 0 Å². The van der Waals surface area contributed by atoms with Gasteiger partial charge < -0.3 is 10.8 Å². The lowest BCUT2D eigenvalue weighted by Crippen LogP contribution is -2.34. The lowest BCUT2D eigenvalue weighted by molar-refractivity contribution is 0.247. The van der Waals surface area contributed by atoms with Gasteiger partial charge in [0.1, 0.15) is 0 Å². The molecule has 0 aliphatic heterocycles. The van der Waals surface area contributed by atoms with Gasteiger partial charge in [0.25, 0.3) is 0 Å². The van der Waals surface area contributed by atoms with Crippen LogP contribution in [0.25, 0.3) is 0 Å². The molecule has 0 unspecified atom stereocenters. The molecule has 0 fully saturated rings.